The summed E-state index contributed by atoms with van der Waals surface area (Å²) in [5.74, 6) is 1.15. The number of anilines is 1. The maximum absolute atomic E-state index is 12.4. The van der Waals surface area contributed by atoms with Crippen LogP contribution in [0.25, 0.3) is 0 Å². The number of rotatable bonds is 2. The highest BCUT2D eigenvalue weighted by Gasteiger charge is 2.29. The van der Waals surface area contributed by atoms with Gasteiger partial charge in [-0.2, -0.15) is 0 Å². The fourth-order valence-electron chi connectivity index (χ4n) is 2.86. The van der Waals surface area contributed by atoms with Crippen molar-refractivity contribution >= 4 is 27.7 Å². The largest absolute Gasteiger partial charge is 0.353 e. The quantitative estimate of drug-likeness (QED) is 0.819. The summed E-state index contributed by atoms with van der Waals surface area (Å²) in [7, 11) is 0. The zero-order chi connectivity index (χ0) is 14.8. The van der Waals surface area contributed by atoms with Crippen LogP contribution in [0.5, 0.6) is 0 Å². The summed E-state index contributed by atoms with van der Waals surface area (Å²) in [6.07, 6.45) is 6.44. The Kier molecular flexibility index (Phi) is 4.26. The van der Waals surface area contributed by atoms with Crippen LogP contribution in [-0.2, 0) is 4.79 Å². The molecule has 0 spiro atoms. The lowest BCUT2D eigenvalue weighted by Crippen LogP contribution is -2.50. The first-order valence-corrected chi connectivity index (χ1v) is 8.02. The van der Waals surface area contributed by atoms with Crippen LogP contribution >= 0.6 is 15.9 Å². The topological polar surface area (TPSA) is 62.5 Å². The predicted molar refractivity (Wildman–Crippen MR) is 86.0 cm³/mol. The maximum atomic E-state index is 12.4. The van der Waals surface area contributed by atoms with E-state index in [2.05, 4.69) is 25.8 Å². The highest BCUT2D eigenvalue weighted by Crippen LogP contribution is 2.21. The molecule has 1 aromatic heterocycles. The van der Waals surface area contributed by atoms with E-state index in [1.54, 1.807) is 6.20 Å². The van der Waals surface area contributed by atoms with E-state index in [1.807, 2.05) is 29.2 Å². The second-order valence-corrected chi connectivity index (χ2v) is 6.45. The Hall–Kier alpha value is -1.40. The van der Waals surface area contributed by atoms with Crippen LogP contribution in [0.2, 0.25) is 0 Å². The first-order valence-electron chi connectivity index (χ1n) is 7.22. The van der Waals surface area contributed by atoms with E-state index in [4.69, 9.17) is 5.73 Å². The van der Waals surface area contributed by atoms with E-state index < -0.39 is 0 Å². The van der Waals surface area contributed by atoms with Crippen LogP contribution in [0.15, 0.2) is 35.0 Å². The number of carbonyl (C=O) groups is 1. The summed E-state index contributed by atoms with van der Waals surface area (Å²) in [4.78, 5) is 21.0. The van der Waals surface area contributed by atoms with Crippen molar-refractivity contribution in [1.82, 2.24) is 9.88 Å². The molecule has 1 fully saturated rings. The van der Waals surface area contributed by atoms with E-state index in [9.17, 15) is 4.79 Å². The summed E-state index contributed by atoms with van der Waals surface area (Å²) < 4.78 is 0.976. The Labute approximate surface area is 132 Å². The molecule has 2 atom stereocenters. The Morgan fingerprint density at radius 2 is 2.00 bits per heavy atom. The molecule has 1 aliphatic heterocycles. The van der Waals surface area contributed by atoms with Gasteiger partial charge in [0.1, 0.15) is 5.82 Å². The molecule has 112 valence electrons. The average molecular weight is 351 g/mol. The molecule has 1 saturated heterocycles. The van der Waals surface area contributed by atoms with Crippen LogP contribution in [0.1, 0.15) is 6.42 Å². The van der Waals surface area contributed by atoms with Crippen molar-refractivity contribution in [3.63, 3.8) is 0 Å². The van der Waals surface area contributed by atoms with E-state index in [0.29, 0.717) is 0 Å². The van der Waals surface area contributed by atoms with Gasteiger partial charge >= 0.3 is 0 Å². The smallest absolute Gasteiger partial charge is 0.229 e. The Balaban J connectivity index is 1.56. The molecule has 3 rings (SSSR count). The minimum Gasteiger partial charge on any atom is -0.353 e. The third kappa shape index (κ3) is 3.27. The zero-order valence-electron chi connectivity index (χ0n) is 11.8. The second kappa shape index (κ2) is 6.15. The molecule has 2 heterocycles. The van der Waals surface area contributed by atoms with E-state index >= 15 is 0 Å². The number of nitrogens with two attached hydrogens (primary N) is 1. The summed E-state index contributed by atoms with van der Waals surface area (Å²) in [5.41, 5.74) is 5.82. The SMILES string of the molecule is NC1C=CC(C(=O)N2CCN(c3ccc(Br)cn3)CC2)C1. The van der Waals surface area contributed by atoms with E-state index in [1.165, 1.54) is 0 Å². The molecule has 0 saturated carbocycles. The fraction of sp³-hybridized carbons (Fsp3) is 0.467. The Morgan fingerprint density at radius 1 is 1.24 bits per heavy atom. The standard InChI is InChI=1S/C15H19BrN4O/c16-12-2-4-14(18-10-12)19-5-7-20(8-6-19)15(21)11-1-3-13(17)9-11/h1-4,10-11,13H,5-9,17H2. The van der Waals surface area contributed by atoms with Crippen LogP contribution in [0, 0.1) is 5.92 Å². The number of piperazine rings is 1. The van der Waals surface area contributed by atoms with Crippen molar-refractivity contribution in [3.8, 4) is 0 Å². The summed E-state index contributed by atoms with van der Waals surface area (Å²) in [6.45, 7) is 3.14. The molecular weight excluding hydrogens is 332 g/mol. The van der Waals surface area contributed by atoms with Crippen molar-refractivity contribution < 1.29 is 4.79 Å². The van der Waals surface area contributed by atoms with Gasteiger partial charge in [0.15, 0.2) is 0 Å². The number of pyridine rings is 1. The van der Waals surface area contributed by atoms with Crippen molar-refractivity contribution in [2.75, 3.05) is 31.1 Å². The molecular formula is C15H19BrN4O. The average Bonchev–Trinajstić information content (AvgIpc) is 2.94. The molecule has 1 aromatic rings. The van der Waals surface area contributed by atoms with Crippen LogP contribution < -0.4 is 10.6 Å². The third-order valence-corrected chi connectivity index (χ3v) is 4.53. The lowest BCUT2D eigenvalue weighted by atomic mass is 10.1. The monoisotopic (exact) mass is 350 g/mol. The normalized spacial score (nSPS) is 25.4. The van der Waals surface area contributed by atoms with Crippen molar-refractivity contribution in [1.29, 1.82) is 0 Å². The first-order chi connectivity index (χ1) is 10.1. The highest BCUT2D eigenvalue weighted by molar-refractivity contribution is 9.10. The number of halogens is 1. The number of hydrogen-bond acceptors (Lipinski definition) is 4. The molecule has 6 heteroatoms. The number of hydrogen-bond donors (Lipinski definition) is 1. The molecule has 1 aliphatic carbocycles. The molecule has 0 radical (unpaired) electrons. The maximum Gasteiger partial charge on any atom is 0.229 e. The number of aromatic nitrogens is 1. The van der Waals surface area contributed by atoms with Gasteiger partial charge in [0, 0.05) is 42.9 Å². The lowest BCUT2D eigenvalue weighted by Gasteiger charge is -2.36. The van der Waals surface area contributed by atoms with Gasteiger partial charge in [-0.25, -0.2) is 4.98 Å². The Bertz CT molecular complexity index is 537. The Morgan fingerprint density at radius 3 is 2.57 bits per heavy atom. The molecule has 1 amide bonds. The van der Waals surface area contributed by atoms with Crippen molar-refractivity contribution in [3.05, 3.63) is 35.0 Å². The number of amides is 1. The zero-order valence-corrected chi connectivity index (χ0v) is 13.4. The second-order valence-electron chi connectivity index (χ2n) is 5.54. The molecule has 2 unspecified atom stereocenters. The van der Waals surface area contributed by atoms with Crippen molar-refractivity contribution in [2.24, 2.45) is 11.7 Å². The van der Waals surface area contributed by atoms with Gasteiger partial charge in [0.05, 0.1) is 5.92 Å². The molecule has 0 aromatic carbocycles. The van der Waals surface area contributed by atoms with Gasteiger partial charge in [-0.05, 0) is 34.5 Å². The van der Waals surface area contributed by atoms with Gasteiger partial charge in [-0.3, -0.25) is 4.79 Å². The number of nitrogens with zero attached hydrogens (tertiary/aromatic N) is 3. The third-order valence-electron chi connectivity index (χ3n) is 4.06. The van der Waals surface area contributed by atoms with Gasteiger partial charge < -0.3 is 15.5 Å². The van der Waals surface area contributed by atoms with E-state index in [-0.39, 0.29) is 17.9 Å². The molecule has 21 heavy (non-hydrogen) atoms. The molecule has 2 aliphatic rings. The highest BCUT2D eigenvalue weighted by atomic mass is 79.9. The first kappa shape index (κ1) is 14.5. The van der Waals surface area contributed by atoms with Crippen LogP contribution in [0.3, 0.4) is 0 Å². The van der Waals surface area contributed by atoms with Crippen molar-refractivity contribution in [2.45, 2.75) is 12.5 Å². The van der Waals surface area contributed by atoms with Gasteiger partial charge in [-0.15, -0.1) is 0 Å². The molecule has 2 N–H and O–H groups in total. The van der Waals surface area contributed by atoms with Gasteiger partial charge in [0.25, 0.3) is 0 Å². The van der Waals surface area contributed by atoms with Gasteiger partial charge in [0.2, 0.25) is 5.91 Å². The van der Waals surface area contributed by atoms with Gasteiger partial charge in [-0.1, -0.05) is 12.2 Å². The molecule has 5 nitrogen and oxygen atoms in total. The van der Waals surface area contributed by atoms with Crippen LogP contribution in [0.4, 0.5) is 5.82 Å². The fourth-order valence-corrected chi connectivity index (χ4v) is 3.09. The summed E-state index contributed by atoms with van der Waals surface area (Å²) >= 11 is 3.39. The van der Waals surface area contributed by atoms with E-state index in [0.717, 1.165) is 42.9 Å². The number of carbonyl (C=O) groups excluding carboxylic acids is 1. The molecule has 0 bridgehead atoms. The summed E-state index contributed by atoms with van der Waals surface area (Å²) in [6, 6.07) is 4.03. The minimum absolute atomic E-state index is 0.0302. The lowest BCUT2D eigenvalue weighted by molar-refractivity contribution is -0.134. The predicted octanol–water partition coefficient (Wildman–Crippen LogP) is 1.40. The summed E-state index contributed by atoms with van der Waals surface area (Å²) in [5, 5.41) is 0. The minimum atomic E-state index is -0.0302. The van der Waals surface area contributed by atoms with Crippen LogP contribution in [-0.4, -0.2) is 48.0 Å².